The molecular formula is C54H34N8. The van der Waals surface area contributed by atoms with Gasteiger partial charge in [0.1, 0.15) is 11.0 Å². The molecule has 0 saturated carbocycles. The van der Waals surface area contributed by atoms with Crippen LogP contribution in [0.1, 0.15) is 0 Å². The summed E-state index contributed by atoms with van der Waals surface area (Å²) >= 11 is 0. The topological polar surface area (TPSA) is 54.3 Å². The number of aromatic nitrogens is 8. The highest BCUT2D eigenvalue weighted by Crippen LogP contribution is 2.40. The van der Waals surface area contributed by atoms with E-state index in [1.807, 2.05) is 0 Å². The minimum atomic E-state index is 0.872. The van der Waals surface area contributed by atoms with E-state index in [0.29, 0.717) is 0 Å². The van der Waals surface area contributed by atoms with Crippen LogP contribution in [0.2, 0.25) is 0 Å². The maximum Gasteiger partial charge on any atom is 0.221 e. The third kappa shape index (κ3) is 4.44. The quantitative estimate of drug-likeness (QED) is 0.174. The number of hydrogen-bond acceptors (Lipinski definition) is 2. The lowest BCUT2D eigenvalue weighted by Gasteiger charge is -2.09. The number of benzene rings is 8. The van der Waals surface area contributed by atoms with Gasteiger partial charge in [0.25, 0.3) is 0 Å². The summed E-state index contributed by atoms with van der Waals surface area (Å²) in [5.74, 6) is 1.74. The van der Waals surface area contributed by atoms with Crippen LogP contribution in [0.3, 0.4) is 0 Å². The van der Waals surface area contributed by atoms with Crippen molar-refractivity contribution in [1.29, 1.82) is 0 Å². The van der Waals surface area contributed by atoms with Crippen molar-refractivity contribution in [2.75, 3.05) is 0 Å². The van der Waals surface area contributed by atoms with Crippen LogP contribution < -0.4 is 0 Å². The molecular weight excluding hydrogens is 761 g/mol. The van der Waals surface area contributed by atoms with Gasteiger partial charge in [0.15, 0.2) is 11.3 Å². The van der Waals surface area contributed by atoms with E-state index in [2.05, 4.69) is 233 Å². The average molecular weight is 795 g/mol. The highest BCUT2D eigenvalue weighted by atomic mass is 15.3. The van der Waals surface area contributed by atoms with Crippen molar-refractivity contribution in [3.05, 3.63) is 206 Å². The monoisotopic (exact) mass is 794 g/mol. The molecule has 0 saturated heterocycles. The first kappa shape index (κ1) is 33.2. The summed E-state index contributed by atoms with van der Waals surface area (Å²) in [6, 6.07) is 73.3. The van der Waals surface area contributed by atoms with Gasteiger partial charge in [0, 0.05) is 33.5 Å². The molecule has 62 heavy (non-hydrogen) atoms. The first-order valence-corrected chi connectivity index (χ1v) is 20.9. The molecule has 0 atom stereocenters. The van der Waals surface area contributed by atoms with Gasteiger partial charge >= 0.3 is 0 Å². The molecule has 8 aromatic carbocycles. The summed E-state index contributed by atoms with van der Waals surface area (Å²) in [5.41, 5.74) is 17.2. The summed E-state index contributed by atoms with van der Waals surface area (Å²) in [6.45, 7) is 0. The zero-order valence-corrected chi connectivity index (χ0v) is 33.2. The molecule has 0 N–H and O–H groups in total. The standard InChI is InChI=1S/C54H34N8/c1-5-17-37(18-6-1)57-43-27-15-13-25-41(43)49-51(57)61-45-31-29-35(33-47(45)59(53(61)55-49)39-21-9-3-10-22-39)36-30-32-46-48(34-36)60(40-23-11-4-12-24-40)54-56-50-42-26-14-16-28-44(42)58(52(50)62(46)54)38-19-7-2-8-20-38/h1-34H. The Labute approximate surface area is 353 Å². The Kier molecular flexibility index (Phi) is 6.68. The summed E-state index contributed by atoms with van der Waals surface area (Å²) in [5, 5.41) is 2.25. The molecule has 0 unspecified atom stereocenters. The van der Waals surface area contributed by atoms with Crippen molar-refractivity contribution in [3.63, 3.8) is 0 Å². The van der Waals surface area contributed by atoms with Gasteiger partial charge in [0.2, 0.25) is 11.6 Å². The van der Waals surface area contributed by atoms with Crippen LogP contribution in [0.25, 0.3) is 112 Å². The van der Waals surface area contributed by atoms with E-state index in [0.717, 1.165) is 112 Å². The van der Waals surface area contributed by atoms with Gasteiger partial charge in [-0.1, -0.05) is 121 Å². The Hall–Kier alpha value is -8.62. The van der Waals surface area contributed by atoms with Crippen LogP contribution in [-0.2, 0) is 0 Å². The summed E-state index contributed by atoms with van der Waals surface area (Å²) in [4.78, 5) is 10.9. The predicted octanol–water partition coefficient (Wildman–Crippen LogP) is 12.7. The predicted molar refractivity (Wildman–Crippen MR) is 252 cm³/mol. The molecule has 0 amide bonds. The largest absolute Gasteiger partial charge is 0.294 e. The number of para-hydroxylation sites is 6. The smallest absolute Gasteiger partial charge is 0.221 e. The maximum absolute atomic E-state index is 5.47. The number of hydrogen-bond donors (Lipinski definition) is 0. The number of nitrogens with zero attached hydrogens (tertiary/aromatic N) is 8. The van der Waals surface area contributed by atoms with Gasteiger partial charge in [-0.3, -0.25) is 27.1 Å². The Balaban J connectivity index is 1.05. The minimum absolute atomic E-state index is 0.872. The van der Waals surface area contributed by atoms with Crippen molar-refractivity contribution in [1.82, 2.24) is 37.0 Å². The van der Waals surface area contributed by atoms with Crippen molar-refractivity contribution >= 4 is 77.8 Å². The molecule has 0 fully saturated rings. The molecule has 6 aromatic heterocycles. The average Bonchev–Trinajstić information content (AvgIpc) is 4.16. The molecule has 14 aromatic rings. The zero-order chi connectivity index (χ0) is 40.5. The van der Waals surface area contributed by atoms with Crippen LogP contribution in [0.15, 0.2) is 206 Å². The van der Waals surface area contributed by atoms with Gasteiger partial charge in [0.05, 0.1) is 33.1 Å². The highest BCUT2D eigenvalue weighted by molar-refractivity contribution is 6.10. The van der Waals surface area contributed by atoms with Gasteiger partial charge in [-0.15, -0.1) is 0 Å². The molecule has 8 heteroatoms. The van der Waals surface area contributed by atoms with Crippen LogP contribution in [0, 0.1) is 0 Å². The second kappa shape index (κ2) is 12.5. The molecule has 290 valence electrons. The molecule has 8 nitrogen and oxygen atoms in total. The van der Waals surface area contributed by atoms with Crippen LogP contribution in [0.5, 0.6) is 0 Å². The van der Waals surface area contributed by atoms with E-state index in [1.54, 1.807) is 0 Å². The van der Waals surface area contributed by atoms with Crippen molar-refractivity contribution in [2.45, 2.75) is 0 Å². The SMILES string of the molecule is c1ccc(-n2c3cc(-c4ccc5c(c4)n(-c4ccccc4)c4nc6c7ccccc7n(-c7ccccc7)c6n54)ccc3n3c2nc2c4ccccc4n(-c4ccccc4)c23)cc1. The van der Waals surface area contributed by atoms with E-state index in [4.69, 9.17) is 9.97 Å². The second-order valence-electron chi connectivity index (χ2n) is 16.0. The first-order valence-electron chi connectivity index (χ1n) is 20.9. The molecule has 0 aliphatic carbocycles. The minimum Gasteiger partial charge on any atom is -0.294 e. The number of rotatable bonds is 5. The zero-order valence-electron chi connectivity index (χ0n) is 33.2. The Bertz CT molecular complexity index is 3800. The molecule has 0 bridgehead atoms. The van der Waals surface area contributed by atoms with Crippen LogP contribution in [-0.4, -0.2) is 37.0 Å². The first-order chi connectivity index (χ1) is 30.8. The van der Waals surface area contributed by atoms with E-state index >= 15 is 0 Å². The highest BCUT2D eigenvalue weighted by Gasteiger charge is 2.26. The molecule has 0 radical (unpaired) electrons. The third-order valence-corrected chi connectivity index (χ3v) is 12.6. The third-order valence-electron chi connectivity index (χ3n) is 12.6. The van der Waals surface area contributed by atoms with E-state index in [9.17, 15) is 0 Å². The molecule has 0 aliphatic heterocycles. The fourth-order valence-corrected chi connectivity index (χ4v) is 9.98. The Morgan fingerprint density at radius 1 is 0.274 bits per heavy atom. The summed E-state index contributed by atoms with van der Waals surface area (Å²) in [7, 11) is 0. The summed E-state index contributed by atoms with van der Waals surface area (Å²) < 4.78 is 14.0. The Morgan fingerprint density at radius 2 is 0.613 bits per heavy atom. The van der Waals surface area contributed by atoms with Crippen LogP contribution in [0.4, 0.5) is 0 Å². The van der Waals surface area contributed by atoms with Crippen LogP contribution >= 0.6 is 0 Å². The van der Waals surface area contributed by atoms with E-state index in [-0.39, 0.29) is 0 Å². The fourth-order valence-electron chi connectivity index (χ4n) is 9.98. The van der Waals surface area contributed by atoms with Crippen molar-refractivity contribution < 1.29 is 0 Å². The molecule has 14 rings (SSSR count). The van der Waals surface area contributed by atoms with Crippen molar-refractivity contribution in [2.24, 2.45) is 0 Å². The number of fused-ring (bicyclic) bond motifs is 14. The fraction of sp³-hybridized carbons (Fsp3) is 0. The lowest BCUT2D eigenvalue weighted by atomic mass is 10.0. The van der Waals surface area contributed by atoms with E-state index in [1.165, 1.54) is 0 Å². The molecule has 6 heterocycles. The van der Waals surface area contributed by atoms with Gasteiger partial charge in [-0.25, -0.2) is 9.97 Å². The number of imidazole rings is 4. The second-order valence-corrected chi connectivity index (χ2v) is 16.0. The summed E-state index contributed by atoms with van der Waals surface area (Å²) in [6.07, 6.45) is 0. The van der Waals surface area contributed by atoms with Crippen molar-refractivity contribution in [3.8, 4) is 33.9 Å². The van der Waals surface area contributed by atoms with Gasteiger partial charge in [-0.2, -0.15) is 0 Å². The lowest BCUT2D eigenvalue weighted by Crippen LogP contribution is -1.97. The van der Waals surface area contributed by atoms with E-state index < -0.39 is 0 Å². The van der Waals surface area contributed by atoms with Gasteiger partial charge < -0.3 is 0 Å². The Morgan fingerprint density at radius 3 is 1.00 bits per heavy atom. The lowest BCUT2D eigenvalue weighted by molar-refractivity contribution is 1.08. The maximum atomic E-state index is 5.47. The molecule has 0 aliphatic rings. The van der Waals surface area contributed by atoms with Gasteiger partial charge in [-0.05, 0) is 96.1 Å². The molecule has 0 spiro atoms. The normalized spacial score (nSPS) is 12.2.